The molecule has 0 aromatic rings. The number of rotatable bonds is 13. The van der Waals surface area contributed by atoms with Crippen LogP contribution in [0.1, 0.15) is 106 Å². The van der Waals surface area contributed by atoms with Gasteiger partial charge in [0.05, 0.1) is 0 Å². The van der Waals surface area contributed by atoms with Gasteiger partial charge in [-0.3, -0.25) is 0 Å². The number of hydrogen-bond acceptors (Lipinski definition) is 0. The van der Waals surface area contributed by atoms with E-state index in [1.807, 2.05) is 0 Å². The molecular weight excluding hydrogens is 240 g/mol. The van der Waals surface area contributed by atoms with Crippen LogP contribution in [0.2, 0.25) is 0 Å². The summed E-state index contributed by atoms with van der Waals surface area (Å²) in [5.74, 6) is 3.71. The van der Waals surface area contributed by atoms with Gasteiger partial charge in [0.15, 0.2) is 0 Å². The third kappa shape index (κ3) is 13.0. The molecule has 0 saturated carbocycles. The highest BCUT2D eigenvalue weighted by Gasteiger charge is 2.07. The van der Waals surface area contributed by atoms with Gasteiger partial charge in [-0.05, 0) is 23.7 Å². The van der Waals surface area contributed by atoms with E-state index in [0.717, 1.165) is 23.7 Å². The third-order valence-corrected chi connectivity index (χ3v) is 4.96. The highest BCUT2D eigenvalue weighted by molar-refractivity contribution is 4.60. The van der Waals surface area contributed by atoms with E-state index in [2.05, 4.69) is 41.5 Å². The first-order valence-corrected chi connectivity index (χ1v) is 9.45. The van der Waals surface area contributed by atoms with Crippen molar-refractivity contribution in [1.29, 1.82) is 0 Å². The largest absolute Gasteiger partial charge is 0.0651 e. The van der Waals surface area contributed by atoms with Crippen LogP contribution in [0.15, 0.2) is 0 Å². The summed E-state index contributed by atoms with van der Waals surface area (Å²) in [6.07, 6.45) is 14.3. The van der Waals surface area contributed by atoms with Crippen molar-refractivity contribution in [2.45, 2.75) is 106 Å². The van der Waals surface area contributed by atoms with Crippen molar-refractivity contribution in [2.24, 2.45) is 23.7 Å². The fourth-order valence-electron chi connectivity index (χ4n) is 3.00. The molecule has 0 aromatic carbocycles. The van der Waals surface area contributed by atoms with E-state index < -0.39 is 0 Å². The molecule has 0 radical (unpaired) electrons. The molecule has 0 saturated heterocycles. The van der Waals surface area contributed by atoms with Gasteiger partial charge in [0.1, 0.15) is 0 Å². The van der Waals surface area contributed by atoms with Crippen LogP contribution in [0.4, 0.5) is 0 Å². The zero-order chi connectivity index (χ0) is 15.4. The normalized spacial score (nSPS) is 16.4. The Morgan fingerprint density at radius 3 is 1.20 bits per heavy atom. The van der Waals surface area contributed by atoms with E-state index in [-0.39, 0.29) is 0 Å². The Morgan fingerprint density at radius 1 is 0.500 bits per heavy atom. The lowest BCUT2D eigenvalue weighted by Gasteiger charge is -2.15. The van der Waals surface area contributed by atoms with Crippen molar-refractivity contribution in [3.8, 4) is 0 Å². The molecule has 0 amide bonds. The minimum absolute atomic E-state index is 0.882. The van der Waals surface area contributed by atoms with E-state index in [0.29, 0.717) is 0 Å². The molecule has 0 heteroatoms. The van der Waals surface area contributed by atoms with Crippen LogP contribution in [0.3, 0.4) is 0 Å². The maximum absolute atomic E-state index is 2.46. The summed E-state index contributed by atoms with van der Waals surface area (Å²) in [6.45, 7) is 14.3. The lowest BCUT2D eigenvalue weighted by molar-refractivity contribution is 0.376. The average molecular weight is 283 g/mol. The molecule has 20 heavy (non-hydrogen) atoms. The second kappa shape index (κ2) is 12.7. The van der Waals surface area contributed by atoms with E-state index in [1.54, 1.807) is 0 Å². The molecule has 3 atom stereocenters. The summed E-state index contributed by atoms with van der Waals surface area (Å²) in [7, 11) is 0. The lowest BCUT2D eigenvalue weighted by atomic mass is 9.91. The molecule has 0 unspecified atom stereocenters. The molecule has 0 bridgehead atoms. The summed E-state index contributed by atoms with van der Waals surface area (Å²) in [5.41, 5.74) is 0. The molecule has 0 aliphatic heterocycles. The van der Waals surface area contributed by atoms with Gasteiger partial charge in [0.2, 0.25) is 0 Å². The average Bonchev–Trinajstić information content (AvgIpc) is 2.38. The first-order valence-electron chi connectivity index (χ1n) is 9.45. The zero-order valence-corrected chi connectivity index (χ0v) is 15.4. The van der Waals surface area contributed by atoms with Gasteiger partial charge in [-0.25, -0.2) is 0 Å². The SMILES string of the molecule is CC[C@@H](C)CCC[C@H](C)CCC[C@H](C)CCCC(C)C. The van der Waals surface area contributed by atoms with Crippen molar-refractivity contribution < 1.29 is 0 Å². The quantitative estimate of drug-likeness (QED) is 0.328. The molecular formula is C20H42. The second-order valence-electron chi connectivity index (χ2n) is 7.91. The first kappa shape index (κ1) is 20.0. The summed E-state index contributed by atoms with van der Waals surface area (Å²) in [4.78, 5) is 0. The molecule has 0 spiro atoms. The molecule has 0 rings (SSSR count). The molecule has 0 aliphatic carbocycles. The van der Waals surface area contributed by atoms with Crippen LogP contribution in [-0.2, 0) is 0 Å². The Morgan fingerprint density at radius 2 is 0.850 bits per heavy atom. The van der Waals surface area contributed by atoms with Crippen LogP contribution in [0.25, 0.3) is 0 Å². The Hall–Kier alpha value is 0. The van der Waals surface area contributed by atoms with Crippen molar-refractivity contribution in [2.75, 3.05) is 0 Å². The van der Waals surface area contributed by atoms with Gasteiger partial charge in [-0.2, -0.15) is 0 Å². The number of hydrogen-bond donors (Lipinski definition) is 0. The van der Waals surface area contributed by atoms with Crippen LogP contribution in [0.5, 0.6) is 0 Å². The maximum Gasteiger partial charge on any atom is -0.0443 e. The lowest BCUT2D eigenvalue weighted by Crippen LogP contribution is -2.01. The van der Waals surface area contributed by atoms with E-state index in [1.165, 1.54) is 64.2 Å². The monoisotopic (exact) mass is 282 g/mol. The van der Waals surface area contributed by atoms with Crippen molar-refractivity contribution >= 4 is 0 Å². The van der Waals surface area contributed by atoms with Crippen LogP contribution in [0, 0.1) is 23.7 Å². The Balaban J connectivity index is 3.43. The molecule has 0 aromatic heterocycles. The molecule has 0 heterocycles. The van der Waals surface area contributed by atoms with E-state index in [4.69, 9.17) is 0 Å². The standard InChI is InChI=1S/C20H42/c1-7-18(4)12-9-14-20(6)16-10-15-19(5)13-8-11-17(2)3/h17-20H,7-16H2,1-6H3/t18-,19-,20+/m1/s1. The molecule has 0 nitrogen and oxygen atoms in total. The van der Waals surface area contributed by atoms with Gasteiger partial charge in [-0.1, -0.05) is 106 Å². The van der Waals surface area contributed by atoms with E-state index >= 15 is 0 Å². The smallest absolute Gasteiger partial charge is 0.0443 e. The molecule has 0 N–H and O–H groups in total. The molecule has 0 fully saturated rings. The fraction of sp³-hybridized carbons (Fsp3) is 1.00. The summed E-state index contributed by atoms with van der Waals surface area (Å²) < 4.78 is 0. The predicted molar refractivity (Wildman–Crippen MR) is 94.2 cm³/mol. The minimum Gasteiger partial charge on any atom is -0.0651 e. The Bertz CT molecular complexity index is 194. The Kier molecular flexibility index (Phi) is 12.7. The molecule has 122 valence electrons. The molecule has 0 aliphatic rings. The van der Waals surface area contributed by atoms with Gasteiger partial charge < -0.3 is 0 Å². The first-order chi connectivity index (χ1) is 9.45. The van der Waals surface area contributed by atoms with Crippen molar-refractivity contribution in [3.05, 3.63) is 0 Å². The minimum atomic E-state index is 0.882. The summed E-state index contributed by atoms with van der Waals surface area (Å²) in [6, 6.07) is 0. The fourth-order valence-corrected chi connectivity index (χ4v) is 3.00. The zero-order valence-electron chi connectivity index (χ0n) is 15.4. The second-order valence-corrected chi connectivity index (χ2v) is 7.91. The third-order valence-electron chi connectivity index (χ3n) is 4.96. The van der Waals surface area contributed by atoms with Gasteiger partial charge in [0, 0.05) is 0 Å². The van der Waals surface area contributed by atoms with Crippen LogP contribution < -0.4 is 0 Å². The highest BCUT2D eigenvalue weighted by atomic mass is 14.1. The summed E-state index contributed by atoms with van der Waals surface area (Å²) >= 11 is 0. The van der Waals surface area contributed by atoms with Gasteiger partial charge in [0.25, 0.3) is 0 Å². The topological polar surface area (TPSA) is 0 Å². The highest BCUT2D eigenvalue weighted by Crippen LogP contribution is 2.22. The Labute approximate surface area is 130 Å². The van der Waals surface area contributed by atoms with Crippen molar-refractivity contribution in [3.63, 3.8) is 0 Å². The van der Waals surface area contributed by atoms with Gasteiger partial charge >= 0.3 is 0 Å². The summed E-state index contributed by atoms with van der Waals surface area (Å²) in [5, 5.41) is 0. The van der Waals surface area contributed by atoms with Gasteiger partial charge in [-0.15, -0.1) is 0 Å². The maximum atomic E-state index is 2.46. The van der Waals surface area contributed by atoms with E-state index in [9.17, 15) is 0 Å². The van der Waals surface area contributed by atoms with Crippen LogP contribution in [-0.4, -0.2) is 0 Å². The van der Waals surface area contributed by atoms with Crippen LogP contribution >= 0.6 is 0 Å². The predicted octanol–water partition coefficient (Wildman–Crippen LogP) is 7.47. The van der Waals surface area contributed by atoms with Crippen molar-refractivity contribution in [1.82, 2.24) is 0 Å².